The second-order valence-electron chi connectivity index (χ2n) is 6.40. The number of rotatable bonds is 5. The van der Waals surface area contributed by atoms with Gasteiger partial charge in [0.05, 0.1) is 18.4 Å². The molecule has 5 nitrogen and oxygen atoms in total. The highest BCUT2D eigenvalue weighted by Crippen LogP contribution is 2.35. The van der Waals surface area contributed by atoms with Crippen LogP contribution < -0.4 is 15.0 Å². The lowest BCUT2D eigenvalue weighted by Crippen LogP contribution is -2.32. The van der Waals surface area contributed by atoms with Gasteiger partial charge in [-0.1, -0.05) is 58.4 Å². The number of nitrogens with one attached hydrogen (secondary N) is 1. The van der Waals surface area contributed by atoms with Gasteiger partial charge in [0.2, 0.25) is 0 Å². The van der Waals surface area contributed by atoms with Crippen molar-refractivity contribution in [2.75, 3.05) is 17.3 Å². The van der Waals surface area contributed by atoms with Crippen LogP contribution in [0.3, 0.4) is 0 Å². The predicted octanol–water partition coefficient (Wildman–Crippen LogP) is 4.85. The molecule has 29 heavy (non-hydrogen) atoms. The summed E-state index contributed by atoms with van der Waals surface area (Å²) in [5.74, 6) is -0.230. The average Bonchev–Trinajstić information content (AvgIpc) is 2.98. The summed E-state index contributed by atoms with van der Waals surface area (Å²) in [7, 11) is 1.54. The average molecular weight is 449 g/mol. The number of amides is 2. The normalized spacial score (nSPS) is 13.8. The van der Waals surface area contributed by atoms with Gasteiger partial charge in [0.25, 0.3) is 11.8 Å². The molecule has 2 amide bonds. The van der Waals surface area contributed by atoms with Crippen LogP contribution >= 0.6 is 15.9 Å². The number of imide groups is 1. The first-order valence-electron chi connectivity index (χ1n) is 8.93. The first-order valence-corrected chi connectivity index (χ1v) is 9.73. The van der Waals surface area contributed by atoms with Gasteiger partial charge in [-0.05, 0) is 35.9 Å². The minimum Gasteiger partial charge on any atom is -0.497 e. The Kier molecular flexibility index (Phi) is 5.18. The fourth-order valence-corrected chi connectivity index (χ4v) is 3.61. The maximum Gasteiger partial charge on any atom is 0.282 e. The molecule has 0 aliphatic carbocycles. The van der Waals surface area contributed by atoms with Gasteiger partial charge in [-0.15, -0.1) is 0 Å². The molecule has 144 valence electrons. The van der Waals surface area contributed by atoms with Crippen LogP contribution in [-0.4, -0.2) is 18.9 Å². The van der Waals surface area contributed by atoms with Crippen molar-refractivity contribution in [1.29, 1.82) is 0 Å². The topological polar surface area (TPSA) is 58.6 Å². The molecule has 6 heteroatoms. The number of halogens is 1. The Labute approximate surface area is 176 Å². The van der Waals surface area contributed by atoms with E-state index < -0.39 is 5.91 Å². The van der Waals surface area contributed by atoms with Gasteiger partial charge in [-0.3, -0.25) is 9.59 Å². The van der Waals surface area contributed by atoms with E-state index in [9.17, 15) is 9.59 Å². The van der Waals surface area contributed by atoms with Crippen molar-refractivity contribution in [2.24, 2.45) is 0 Å². The molecule has 1 heterocycles. The van der Waals surface area contributed by atoms with Gasteiger partial charge < -0.3 is 10.1 Å². The molecule has 1 aliphatic heterocycles. The van der Waals surface area contributed by atoms with E-state index in [2.05, 4.69) is 21.2 Å². The second kappa shape index (κ2) is 7.93. The zero-order chi connectivity index (χ0) is 20.4. The number of hydrogen-bond donors (Lipinski definition) is 1. The molecule has 0 aromatic heterocycles. The number of ether oxygens (including phenoxy) is 1. The Balaban J connectivity index is 1.81. The molecule has 3 aromatic rings. The summed E-state index contributed by atoms with van der Waals surface area (Å²) < 4.78 is 6.11. The number of anilines is 2. The molecule has 0 fully saturated rings. The lowest BCUT2D eigenvalue weighted by molar-refractivity contribution is -0.120. The van der Waals surface area contributed by atoms with Crippen molar-refractivity contribution >= 4 is 44.7 Å². The second-order valence-corrected chi connectivity index (χ2v) is 7.31. The smallest absolute Gasteiger partial charge is 0.282 e. The quantitative estimate of drug-likeness (QED) is 0.566. The van der Waals surface area contributed by atoms with Crippen LogP contribution in [0.5, 0.6) is 5.75 Å². The van der Waals surface area contributed by atoms with E-state index in [4.69, 9.17) is 4.74 Å². The van der Waals surface area contributed by atoms with E-state index in [1.165, 1.54) is 4.90 Å². The molecule has 0 bridgehead atoms. The largest absolute Gasteiger partial charge is 0.497 e. The van der Waals surface area contributed by atoms with Crippen molar-refractivity contribution < 1.29 is 14.3 Å². The van der Waals surface area contributed by atoms with E-state index >= 15 is 0 Å². The molecule has 4 rings (SSSR count). The van der Waals surface area contributed by atoms with Gasteiger partial charge in [-0.25, -0.2) is 4.90 Å². The molecule has 0 radical (unpaired) electrons. The van der Waals surface area contributed by atoms with Crippen LogP contribution in [0, 0.1) is 0 Å². The minimum atomic E-state index is -0.415. The lowest BCUT2D eigenvalue weighted by Gasteiger charge is -2.16. The molecule has 1 aliphatic rings. The van der Waals surface area contributed by atoms with E-state index in [0.29, 0.717) is 28.3 Å². The van der Waals surface area contributed by atoms with E-state index in [-0.39, 0.29) is 11.6 Å². The number of carbonyl (C=O) groups excluding carboxylic acids is 2. The van der Waals surface area contributed by atoms with Crippen LogP contribution in [0.2, 0.25) is 0 Å². The number of methoxy groups -OCH3 is 1. The third-order valence-electron chi connectivity index (χ3n) is 4.55. The minimum absolute atomic E-state index is 0.238. The zero-order valence-corrected chi connectivity index (χ0v) is 17.1. The highest BCUT2D eigenvalue weighted by molar-refractivity contribution is 9.10. The predicted molar refractivity (Wildman–Crippen MR) is 117 cm³/mol. The Bertz CT molecular complexity index is 1130. The summed E-state index contributed by atoms with van der Waals surface area (Å²) >= 11 is 3.43. The highest BCUT2D eigenvalue weighted by atomic mass is 79.9. The maximum atomic E-state index is 13.3. The molecule has 0 atom stereocenters. The summed E-state index contributed by atoms with van der Waals surface area (Å²) in [4.78, 5) is 27.8. The standard InChI is InChI=1S/C23H17BrN2O3/c1-29-19-12-6-11-18(14-19)26-22(27)20(15-7-3-2-4-8-15)21(23(26)28)25-17-10-5-9-16(24)13-17/h2-14,25H,1H3. The molecule has 0 saturated heterocycles. The van der Waals surface area contributed by atoms with Gasteiger partial charge in [0.1, 0.15) is 11.4 Å². The third-order valence-corrected chi connectivity index (χ3v) is 5.05. The lowest BCUT2D eigenvalue weighted by atomic mass is 10.0. The highest BCUT2D eigenvalue weighted by Gasteiger charge is 2.40. The van der Waals surface area contributed by atoms with Crippen molar-refractivity contribution in [3.05, 3.63) is 94.6 Å². The summed E-state index contributed by atoms with van der Waals surface area (Å²) in [6.07, 6.45) is 0. The van der Waals surface area contributed by atoms with Crippen LogP contribution in [0.15, 0.2) is 89.0 Å². The molecular weight excluding hydrogens is 432 g/mol. The zero-order valence-electron chi connectivity index (χ0n) is 15.6. The van der Waals surface area contributed by atoms with Gasteiger partial charge in [0, 0.05) is 16.2 Å². The summed E-state index contributed by atoms with van der Waals surface area (Å²) in [6.45, 7) is 0. The molecular formula is C23H17BrN2O3. The number of carbonyl (C=O) groups is 2. The number of nitrogens with zero attached hydrogens (tertiary/aromatic N) is 1. The number of hydrogen-bond acceptors (Lipinski definition) is 4. The maximum absolute atomic E-state index is 13.3. The van der Waals surface area contributed by atoms with Gasteiger partial charge in [0.15, 0.2) is 0 Å². The van der Waals surface area contributed by atoms with E-state index in [0.717, 1.165) is 4.47 Å². The summed E-state index contributed by atoms with van der Waals surface area (Å²) in [5, 5.41) is 3.15. The van der Waals surface area contributed by atoms with Crippen molar-refractivity contribution in [3.8, 4) is 5.75 Å². The Morgan fingerprint density at radius 3 is 2.34 bits per heavy atom. The first kappa shape index (κ1) is 19.0. The van der Waals surface area contributed by atoms with Gasteiger partial charge in [-0.2, -0.15) is 0 Å². The summed E-state index contributed by atoms with van der Waals surface area (Å²) in [6, 6.07) is 23.5. The van der Waals surface area contributed by atoms with Gasteiger partial charge >= 0.3 is 0 Å². The van der Waals surface area contributed by atoms with Crippen molar-refractivity contribution in [1.82, 2.24) is 0 Å². The third kappa shape index (κ3) is 3.67. The van der Waals surface area contributed by atoms with Crippen LogP contribution in [0.25, 0.3) is 5.57 Å². The Hall–Kier alpha value is -3.38. The molecule has 1 N–H and O–H groups in total. The van der Waals surface area contributed by atoms with E-state index in [1.54, 1.807) is 31.4 Å². The SMILES string of the molecule is COc1cccc(N2C(=O)C(Nc3cccc(Br)c3)=C(c3ccccc3)C2=O)c1. The molecule has 0 spiro atoms. The van der Waals surface area contributed by atoms with Crippen LogP contribution in [-0.2, 0) is 9.59 Å². The molecule has 3 aromatic carbocycles. The van der Waals surface area contributed by atoms with Crippen LogP contribution in [0.1, 0.15) is 5.56 Å². The number of benzene rings is 3. The molecule has 0 saturated carbocycles. The Morgan fingerprint density at radius 2 is 1.62 bits per heavy atom. The van der Waals surface area contributed by atoms with Crippen molar-refractivity contribution in [3.63, 3.8) is 0 Å². The van der Waals surface area contributed by atoms with Crippen LogP contribution in [0.4, 0.5) is 11.4 Å². The fourth-order valence-electron chi connectivity index (χ4n) is 3.21. The summed E-state index contributed by atoms with van der Waals surface area (Å²) in [5.41, 5.74) is 2.41. The Morgan fingerprint density at radius 1 is 0.862 bits per heavy atom. The first-order chi connectivity index (χ1) is 14.1. The fraction of sp³-hybridized carbons (Fsp3) is 0.0435. The monoisotopic (exact) mass is 448 g/mol. The van der Waals surface area contributed by atoms with E-state index in [1.807, 2.05) is 54.6 Å². The van der Waals surface area contributed by atoms with Crippen molar-refractivity contribution in [2.45, 2.75) is 0 Å². The molecule has 0 unspecified atom stereocenters.